The molecule has 28 heavy (non-hydrogen) atoms. The van der Waals surface area contributed by atoms with Crippen molar-refractivity contribution in [3.05, 3.63) is 23.8 Å². The van der Waals surface area contributed by atoms with E-state index < -0.39 is 0 Å². The fourth-order valence-corrected chi connectivity index (χ4v) is 3.44. The van der Waals surface area contributed by atoms with Crippen molar-refractivity contribution >= 4 is 17.5 Å². The minimum atomic E-state index is -0.0981. The van der Waals surface area contributed by atoms with Crippen LogP contribution in [-0.4, -0.2) is 81.0 Å². The normalized spacial score (nSPS) is 19.0. The van der Waals surface area contributed by atoms with Crippen molar-refractivity contribution in [3.63, 3.8) is 0 Å². The molecule has 8 nitrogen and oxygen atoms in total. The first-order valence-electron chi connectivity index (χ1n) is 9.84. The number of carbonyl (C=O) groups excluding carboxylic acids is 2. The summed E-state index contributed by atoms with van der Waals surface area (Å²) in [5, 5.41) is 11.7. The van der Waals surface area contributed by atoms with Crippen LogP contribution in [0.25, 0.3) is 0 Å². The van der Waals surface area contributed by atoms with Gasteiger partial charge in [0.1, 0.15) is 12.4 Å². The number of hydrogen-bond donors (Lipinski definition) is 2. The summed E-state index contributed by atoms with van der Waals surface area (Å²) in [7, 11) is 1.92. The molecule has 1 aromatic rings. The van der Waals surface area contributed by atoms with Gasteiger partial charge in [-0.3, -0.25) is 9.59 Å². The van der Waals surface area contributed by atoms with Gasteiger partial charge in [0.05, 0.1) is 31.4 Å². The van der Waals surface area contributed by atoms with Crippen LogP contribution in [0.5, 0.6) is 5.75 Å². The van der Waals surface area contributed by atoms with Crippen molar-refractivity contribution in [2.75, 3.05) is 58.0 Å². The molecule has 2 heterocycles. The maximum Gasteiger partial charge on any atom is 0.254 e. The topological polar surface area (TPSA) is 91.3 Å². The zero-order valence-electron chi connectivity index (χ0n) is 16.4. The van der Waals surface area contributed by atoms with Crippen LogP contribution < -0.4 is 15.0 Å². The number of nitrogens with one attached hydrogen (secondary N) is 1. The van der Waals surface area contributed by atoms with E-state index in [1.807, 2.05) is 24.1 Å². The van der Waals surface area contributed by atoms with E-state index in [2.05, 4.69) is 5.32 Å². The summed E-state index contributed by atoms with van der Waals surface area (Å²) in [5.41, 5.74) is 1.44. The van der Waals surface area contributed by atoms with E-state index in [0.717, 1.165) is 17.9 Å². The van der Waals surface area contributed by atoms with E-state index in [9.17, 15) is 9.59 Å². The second kappa shape index (κ2) is 9.75. The summed E-state index contributed by atoms with van der Waals surface area (Å²) in [4.78, 5) is 28.8. The summed E-state index contributed by atoms with van der Waals surface area (Å²) >= 11 is 0. The number of likely N-dealkylation sites (N-methyl/N-ethyl adjacent to an activating group) is 1. The van der Waals surface area contributed by atoms with Gasteiger partial charge >= 0.3 is 0 Å². The Morgan fingerprint density at radius 1 is 1.25 bits per heavy atom. The van der Waals surface area contributed by atoms with Crippen molar-refractivity contribution in [3.8, 4) is 5.75 Å². The van der Waals surface area contributed by atoms with Gasteiger partial charge in [0, 0.05) is 38.9 Å². The zero-order valence-corrected chi connectivity index (χ0v) is 16.4. The number of carbonyl (C=O) groups is 2. The molecule has 0 aromatic heterocycles. The van der Waals surface area contributed by atoms with Crippen molar-refractivity contribution in [1.29, 1.82) is 0 Å². The largest absolute Gasteiger partial charge is 0.489 e. The van der Waals surface area contributed by atoms with Gasteiger partial charge in [0.25, 0.3) is 5.91 Å². The van der Waals surface area contributed by atoms with Gasteiger partial charge in [-0.2, -0.15) is 0 Å². The molecule has 0 unspecified atom stereocenters. The van der Waals surface area contributed by atoms with Gasteiger partial charge in [0.2, 0.25) is 5.91 Å². The van der Waals surface area contributed by atoms with Crippen molar-refractivity contribution in [1.82, 2.24) is 10.2 Å². The fraction of sp³-hybridized carbons (Fsp3) is 0.600. The predicted molar refractivity (Wildman–Crippen MR) is 105 cm³/mol. The summed E-state index contributed by atoms with van der Waals surface area (Å²) in [6.07, 6.45) is 1.76. The monoisotopic (exact) mass is 391 g/mol. The molecule has 8 heteroatoms. The molecule has 0 saturated carbocycles. The average molecular weight is 391 g/mol. The van der Waals surface area contributed by atoms with E-state index in [-0.39, 0.29) is 24.5 Å². The molecule has 0 aliphatic carbocycles. The number of ether oxygens (including phenoxy) is 2. The van der Waals surface area contributed by atoms with Crippen molar-refractivity contribution in [2.24, 2.45) is 0 Å². The molecule has 154 valence electrons. The molecule has 1 fully saturated rings. The van der Waals surface area contributed by atoms with Gasteiger partial charge in [-0.1, -0.05) is 0 Å². The molecule has 3 rings (SSSR count). The standard InChI is InChI=1S/C20H29N3O5/c1-22-16(13-19(25)21-6-2-3-9-24)14-28-18-5-4-15(12-17(18)22)20(26)23-7-10-27-11-8-23/h4-5,12,16,24H,2-3,6-11,13-14H2,1H3,(H,21,25)/t16-/m1/s1. The third-order valence-corrected chi connectivity index (χ3v) is 5.19. The number of anilines is 1. The van der Waals surface area contributed by atoms with Gasteiger partial charge < -0.3 is 29.7 Å². The van der Waals surface area contributed by atoms with E-state index in [0.29, 0.717) is 57.9 Å². The van der Waals surface area contributed by atoms with Gasteiger partial charge in [-0.25, -0.2) is 0 Å². The lowest BCUT2D eigenvalue weighted by Gasteiger charge is -2.36. The minimum absolute atomic E-state index is 0.0109. The van der Waals surface area contributed by atoms with Crippen LogP contribution >= 0.6 is 0 Å². The number of benzene rings is 1. The minimum Gasteiger partial charge on any atom is -0.489 e. The van der Waals surface area contributed by atoms with Crippen molar-refractivity contribution in [2.45, 2.75) is 25.3 Å². The quantitative estimate of drug-likeness (QED) is 0.663. The van der Waals surface area contributed by atoms with E-state index >= 15 is 0 Å². The number of aliphatic hydroxyl groups is 1. The Kier molecular flexibility index (Phi) is 7.11. The number of amides is 2. The van der Waals surface area contributed by atoms with Crippen LogP contribution in [0.4, 0.5) is 5.69 Å². The molecule has 0 spiro atoms. The highest BCUT2D eigenvalue weighted by molar-refractivity contribution is 5.96. The average Bonchev–Trinajstić information content (AvgIpc) is 2.73. The van der Waals surface area contributed by atoms with Crippen LogP contribution in [0.3, 0.4) is 0 Å². The highest BCUT2D eigenvalue weighted by atomic mass is 16.5. The Bertz CT molecular complexity index is 690. The third kappa shape index (κ3) is 4.94. The SMILES string of the molecule is CN1c2cc(C(=O)N3CCOCC3)ccc2OC[C@H]1CC(=O)NCCCCO. The lowest BCUT2D eigenvalue weighted by Crippen LogP contribution is -2.44. The Morgan fingerprint density at radius 3 is 2.79 bits per heavy atom. The maximum atomic E-state index is 12.8. The number of nitrogens with zero attached hydrogens (tertiary/aromatic N) is 2. The summed E-state index contributed by atoms with van der Waals surface area (Å²) in [5.74, 6) is 0.672. The first kappa shape index (κ1) is 20.4. The number of fused-ring (bicyclic) bond motifs is 1. The smallest absolute Gasteiger partial charge is 0.254 e. The number of aliphatic hydroxyl groups excluding tert-OH is 1. The van der Waals surface area contributed by atoms with Gasteiger partial charge in [-0.05, 0) is 31.0 Å². The van der Waals surface area contributed by atoms with E-state index in [1.54, 1.807) is 11.0 Å². The Morgan fingerprint density at radius 2 is 2.04 bits per heavy atom. The number of rotatable bonds is 7. The molecule has 2 aliphatic rings. The van der Waals surface area contributed by atoms with E-state index in [1.165, 1.54) is 0 Å². The second-order valence-corrected chi connectivity index (χ2v) is 7.15. The van der Waals surface area contributed by atoms with Crippen LogP contribution in [0.2, 0.25) is 0 Å². The van der Waals surface area contributed by atoms with Gasteiger partial charge in [0.15, 0.2) is 0 Å². The second-order valence-electron chi connectivity index (χ2n) is 7.15. The summed E-state index contributed by atoms with van der Waals surface area (Å²) in [6, 6.07) is 5.36. The Balaban J connectivity index is 1.63. The van der Waals surface area contributed by atoms with Crippen LogP contribution in [0.1, 0.15) is 29.6 Å². The van der Waals surface area contributed by atoms with E-state index in [4.69, 9.17) is 14.6 Å². The molecule has 1 atom stereocenters. The molecule has 2 N–H and O–H groups in total. The number of unbranched alkanes of at least 4 members (excludes halogenated alkanes) is 1. The van der Waals surface area contributed by atoms with Crippen LogP contribution in [0.15, 0.2) is 18.2 Å². The molecule has 1 aromatic carbocycles. The molecule has 0 radical (unpaired) electrons. The molecule has 2 aliphatic heterocycles. The number of morpholine rings is 1. The number of hydrogen-bond acceptors (Lipinski definition) is 6. The lowest BCUT2D eigenvalue weighted by molar-refractivity contribution is -0.121. The first-order valence-corrected chi connectivity index (χ1v) is 9.84. The fourth-order valence-electron chi connectivity index (χ4n) is 3.44. The molecular weight excluding hydrogens is 362 g/mol. The summed E-state index contributed by atoms with van der Waals surface area (Å²) in [6.45, 7) is 3.44. The van der Waals surface area contributed by atoms with Crippen LogP contribution in [0, 0.1) is 0 Å². The molecule has 0 bridgehead atoms. The van der Waals surface area contributed by atoms with Crippen molar-refractivity contribution < 1.29 is 24.2 Å². The van der Waals surface area contributed by atoms with Crippen LogP contribution in [-0.2, 0) is 9.53 Å². The Labute approximate surface area is 165 Å². The highest BCUT2D eigenvalue weighted by Crippen LogP contribution is 2.34. The third-order valence-electron chi connectivity index (χ3n) is 5.19. The first-order chi connectivity index (χ1) is 13.6. The summed E-state index contributed by atoms with van der Waals surface area (Å²) < 4.78 is 11.1. The maximum absolute atomic E-state index is 12.8. The molecular formula is C20H29N3O5. The van der Waals surface area contributed by atoms with Gasteiger partial charge in [-0.15, -0.1) is 0 Å². The lowest BCUT2D eigenvalue weighted by atomic mass is 10.1. The Hall–Kier alpha value is -2.32. The predicted octanol–water partition coefficient (Wildman–Crippen LogP) is 0.635. The molecule has 2 amide bonds. The zero-order chi connectivity index (χ0) is 19.9. The highest BCUT2D eigenvalue weighted by Gasteiger charge is 2.28. The molecule has 1 saturated heterocycles.